The number of benzene rings is 2. The van der Waals surface area contributed by atoms with Crippen LogP contribution in [-0.2, 0) is 14.8 Å². The maximum absolute atomic E-state index is 13.1. The number of carbonyl (C=O) groups excluding carboxylic acids is 1. The number of aliphatic hydroxyl groups is 1. The lowest BCUT2D eigenvalue weighted by Crippen LogP contribution is -2.32. The maximum atomic E-state index is 13.1. The van der Waals surface area contributed by atoms with Gasteiger partial charge in [-0.2, -0.15) is 0 Å². The zero-order valence-corrected chi connectivity index (χ0v) is 16.2. The molecule has 152 valence electrons. The van der Waals surface area contributed by atoms with Gasteiger partial charge in [-0.25, -0.2) is 17.5 Å². The molecule has 2 aromatic carbocycles. The van der Waals surface area contributed by atoms with Gasteiger partial charge in [0, 0.05) is 19.5 Å². The van der Waals surface area contributed by atoms with Crippen LogP contribution in [0.3, 0.4) is 0 Å². The zero-order valence-electron chi connectivity index (χ0n) is 15.4. The van der Waals surface area contributed by atoms with E-state index < -0.39 is 27.9 Å². The Bertz CT molecular complexity index is 887. The van der Waals surface area contributed by atoms with Crippen molar-refractivity contribution < 1.29 is 27.4 Å². The number of amides is 1. The number of carbonyl (C=O) groups is 1. The van der Waals surface area contributed by atoms with Crippen molar-refractivity contribution in [1.82, 2.24) is 10.0 Å². The summed E-state index contributed by atoms with van der Waals surface area (Å²) in [5, 5.41) is 12.4. The van der Waals surface area contributed by atoms with E-state index in [0.717, 1.165) is 0 Å². The van der Waals surface area contributed by atoms with Crippen LogP contribution in [-0.4, -0.2) is 39.1 Å². The first-order valence-electron chi connectivity index (χ1n) is 8.74. The van der Waals surface area contributed by atoms with E-state index in [1.807, 2.05) is 6.92 Å². The normalized spacial score (nSPS) is 12.4. The number of halogens is 1. The van der Waals surface area contributed by atoms with E-state index in [4.69, 9.17) is 4.74 Å². The molecule has 0 fully saturated rings. The molecule has 0 saturated carbocycles. The number of aliphatic hydroxyl groups excluding tert-OH is 1. The highest BCUT2D eigenvalue weighted by Gasteiger charge is 2.15. The highest BCUT2D eigenvalue weighted by Crippen LogP contribution is 2.16. The topological polar surface area (TPSA) is 105 Å². The van der Waals surface area contributed by atoms with Crippen molar-refractivity contribution >= 4 is 15.9 Å². The Morgan fingerprint density at radius 1 is 1.21 bits per heavy atom. The van der Waals surface area contributed by atoms with Crippen molar-refractivity contribution in [1.29, 1.82) is 0 Å². The Hall–Kier alpha value is -2.49. The van der Waals surface area contributed by atoms with Crippen molar-refractivity contribution in [3.63, 3.8) is 0 Å². The Balaban J connectivity index is 1.77. The number of hydrogen-bond acceptors (Lipinski definition) is 5. The summed E-state index contributed by atoms with van der Waals surface area (Å²) < 4.78 is 45.2. The molecule has 2 rings (SSSR count). The maximum Gasteiger partial charge on any atom is 0.240 e. The van der Waals surface area contributed by atoms with Gasteiger partial charge in [0.05, 0.1) is 17.6 Å². The molecule has 0 saturated heterocycles. The molecule has 0 bridgehead atoms. The van der Waals surface area contributed by atoms with Gasteiger partial charge in [0.25, 0.3) is 0 Å². The molecule has 0 aliphatic heterocycles. The molecule has 1 unspecified atom stereocenters. The van der Waals surface area contributed by atoms with Gasteiger partial charge in [0.15, 0.2) is 0 Å². The third-order valence-corrected chi connectivity index (χ3v) is 5.29. The lowest BCUT2D eigenvalue weighted by atomic mass is 10.1. The minimum atomic E-state index is -3.74. The minimum Gasteiger partial charge on any atom is -0.494 e. The molecule has 9 heteroatoms. The molecule has 0 heterocycles. The molecule has 3 N–H and O–H groups in total. The predicted octanol–water partition coefficient (Wildman–Crippen LogP) is 1.74. The lowest BCUT2D eigenvalue weighted by molar-refractivity contribution is -0.121. The average molecular weight is 410 g/mol. The monoisotopic (exact) mass is 410 g/mol. The molecule has 0 aliphatic carbocycles. The predicted molar refractivity (Wildman–Crippen MR) is 102 cm³/mol. The van der Waals surface area contributed by atoms with Crippen LogP contribution < -0.4 is 14.8 Å². The van der Waals surface area contributed by atoms with Gasteiger partial charge >= 0.3 is 0 Å². The molecule has 2 aromatic rings. The number of rotatable bonds is 10. The number of nitrogens with one attached hydrogen (secondary N) is 2. The molecule has 1 amide bonds. The molecule has 0 aliphatic rings. The fourth-order valence-electron chi connectivity index (χ4n) is 2.39. The van der Waals surface area contributed by atoms with Crippen LogP contribution in [0.2, 0.25) is 0 Å². The Morgan fingerprint density at radius 2 is 1.93 bits per heavy atom. The summed E-state index contributed by atoms with van der Waals surface area (Å²) in [6, 6.07) is 11.4. The van der Waals surface area contributed by atoms with E-state index in [0.29, 0.717) is 17.9 Å². The van der Waals surface area contributed by atoms with Crippen LogP contribution in [0.5, 0.6) is 5.75 Å². The smallest absolute Gasteiger partial charge is 0.240 e. The van der Waals surface area contributed by atoms with Gasteiger partial charge in [-0.05, 0) is 48.9 Å². The van der Waals surface area contributed by atoms with Crippen molar-refractivity contribution in [3.8, 4) is 5.75 Å². The highest BCUT2D eigenvalue weighted by molar-refractivity contribution is 7.89. The van der Waals surface area contributed by atoms with Crippen molar-refractivity contribution in [2.24, 2.45) is 0 Å². The molecule has 0 spiro atoms. The summed E-state index contributed by atoms with van der Waals surface area (Å²) in [4.78, 5) is 11.9. The molecular formula is C19H23FN2O5S. The molecular weight excluding hydrogens is 387 g/mol. The molecule has 7 nitrogen and oxygen atoms in total. The first kappa shape index (κ1) is 21.8. The third kappa shape index (κ3) is 6.59. The first-order chi connectivity index (χ1) is 13.3. The van der Waals surface area contributed by atoms with Crippen molar-refractivity contribution in [2.75, 3.05) is 19.7 Å². The van der Waals surface area contributed by atoms with Crippen LogP contribution in [0.15, 0.2) is 53.4 Å². The fraction of sp³-hybridized carbons (Fsp3) is 0.316. The quantitative estimate of drug-likeness (QED) is 0.553. The van der Waals surface area contributed by atoms with E-state index in [1.54, 1.807) is 18.2 Å². The second kappa shape index (κ2) is 10.2. The van der Waals surface area contributed by atoms with Gasteiger partial charge in [-0.3, -0.25) is 4.79 Å². The van der Waals surface area contributed by atoms with Crippen LogP contribution in [0.4, 0.5) is 4.39 Å². The summed E-state index contributed by atoms with van der Waals surface area (Å²) in [5.74, 6) is -0.353. The molecule has 28 heavy (non-hydrogen) atoms. The molecule has 0 aromatic heterocycles. The average Bonchev–Trinajstić information content (AvgIpc) is 2.66. The van der Waals surface area contributed by atoms with Gasteiger partial charge < -0.3 is 15.2 Å². The Morgan fingerprint density at radius 3 is 2.57 bits per heavy atom. The Kier molecular flexibility index (Phi) is 7.91. The first-order valence-corrected chi connectivity index (χ1v) is 10.2. The largest absolute Gasteiger partial charge is 0.494 e. The van der Waals surface area contributed by atoms with Crippen LogP contribution in [0.1, 0.15) is 25.0 Å². The van der Waals surface area contributed by atoms with E-state index in [1.165, 1.54) is 30.3 Å². The van der Waals surface area contributed by atoms with Crippen molar-refractivity contribution in [2.45, 2.75) is 24.3 Å². The van der Waals surface area contributed by atoms with E-state index in [2.05, 4.69) is 10.0 Å². The Labute approximate surface area is 163 Å². The van der Waals surface area contributed by atoms with E-state index in [-0.39, 0.29) is 24.4 Å². The summed E-state index contributed by atoms with van der Waals surface area (Å²) in [6.07, 6.45) is -1.16. The molecule has 0 radical (unpaired) electrons. The van der Waals surface area contributed by atoms with Gasteiger partial charge in [-0.15, -0.1) is 0 Å². The standard InChI is InChI=1S/C19H23FN2O5S/c1-2-27-16-6-8-17(9-7-16)28(25,26)22-11-10-19(24)21-13-18(23)14-4-3-5-15(20)12-14/h3-9,12,18,22-23H,2,10-11,13H2,1H3,(H,21,24). The highest BCUT2D eigenvalue weighted by atomic mass is 32.2. The lowest BCUT2D eigenvalue weighted by Gasteiger charge is -2.13. The summed E-state index contributed by atoms with van der Waals surface area (Å²) in [6.45, 7) is 2.10. The molecule has 1 atom stereocenters. The summed E-state index contributed by atoms with van der Waals surface area (Å²) in [5.41, 5.74) is 0.344. The number of ether oxygens (including phenoxy) is 1. The third-order valence-electron chi connectivity index (χ3n) is 3.82. The second-order valence-electron chi connectivity index (χ2n) is 5.93. The van der Waals surface area contributed by atoms with Gasteiger partial charge in [0.1, 0.15) is 11.6 Å². The summed E-state index contributed by atoms with van der Waals surface area (Å²) in [7, 11) is -3.74. The van der Waals surface area contributed by atoms with Crippen LogP contribution in [0, 0.1) is 5.82 Å². The van der Waals surface area contributed by atoms with E-state index >= 15 is 0 Å². The second-order valence-corrected chi connectivity index (χ2v) is 7.69. The van der Waals surface area contributed by atoms with Crippen LogP contribution in [0.25, 0.3) is 0 Å². The fourth-order valence-corrected chi connectivity index (χ4v) is 3.43. The minimum absolute atomic E-state index is 0.0675. The van der Waals surface area contributed by atoms with Gasteiger partial charge in [0.2, 0.25) is 15.9 Å². The van der Waals surface area contributed by atoms with Crippen molar-refractivity contribution in [3.05, 3.63) is 59.9 Å². The summed E-state index contributed by atoms with van der Waals surface area (Å²) >= 11 is 0. The van der Waals surface area contributed by atoms with Gasteiger partial charge in [-0.1, -0.05) is 12.1 Å². The van der Waals surface area contributed by atoms with E-state index in [9.17, 15) is 22.7 Å². The zero-order chi connectivity index (χ0) is 20.6. The SMILES string of the molecule is CCOc1ccc(S(=O)(=O)NCCC(=O)NCC(O)c2cccc(F)c2)cc1. The number of hydrogen-bond donors (Lipinski definition) is 3. The van der Waals surface area contributed by atoms with Crippen LogP contribution >= 0.6 is 0 Å². The number of sulfonamides is 1.